The molecule has 8 heteroatoms. The highest BCUT2D eigenvalue weighted by Gasteiger charge is 2.51. The minimum Gasteiger partial charge on any atom is -0.452 e. The lowest BCUT2D eigenvalue weighted by atomic mass is 9.98. The van der Waals surface area contributed by atoms with E-state index in [0.717, 1.165) is 5.56 Å². The molecule has 0 amide bonds. The summed E-state index contributed by atoms with van der Waals surface area (Å²) < 4.78 is 35.0. The highest BCUT2D eigenvalue weighted by molar-refractivity contribution is 5.90. The summed E-state index contributed by atoms with van der Waals surface area (Å²) in [5.74, 6) is -1.19. The van der Waals surface area contributed by atoms with E-state index in [0.29, 0.717) is 17.7 Å². The fourth-order valence-electron chi connectivity index (χ4n) is 4.15. The molecular formula is C29H30O8. The molecule has 37 heavy (non-hydrogen) atoms. The van der Waals surface area contributed by atoms with Gasteiger partial charge in [-0.1, -0.05) is 66.7 Å². The van der Waals surface area contributed by atoms with Crippen molar-refractivity contribution in [3.63, 3.8) is 0 Å². The van der Waals surface area contributed by atoms with Crippen LogP contribution in [0.1, 0.15) is 26.3 Å². The molecule has 0 spiro atoms. The molecule has 3 aromatic carbocycles. The molecule has 8 nitrogen and oxygen atoms in total. The minimum absolute atomic E-state index is 0.131. The number of benzene rings is 3. The normalized spacial score (nSPS) is 23.2. The van der Waals surface area contributed by atoms with E-state index in [1.165, 1.54) is 14.2 Å². The molecule has 0 unspecified atom stereocenters. The predicted octanol–water partition coefficient (Wildman–Crippen LogP) is 4.04. The molecule has 4 rings (SSSR count). The van der Waals surface area contributed by atoms with Crippen molar-refractivity contribution in [2.75, 3.05) is 20.8 Å². The molecule has 1 aliphatic rings. The van der Waals surface area contributed by atoms with Crippen molar-refractivity contribution < 1.29 is 38.0 Å². The number of carbonyl (C=O) groups is 2. The summed E-state index contributed by atoms with van der Waals surface area (Å²) in [5.41, 5.74) is 1.69. The number of rotatable bonds is 10. The Labute approximate surface area is 216 Å². The van der Waals surface area contributed by atoms with Crippen molar-refractivity contribution in [2.45, 2.75) is 37.3 Å². The van der Waals surface area contributed by atoms with Gasteiger partial charge in [-0.15, -0.1) is 0 Å². The minimum atomic E-state index is -1.10. The summed E-state index contributed by atoms with van der Waals surface area (Å²) in [6, 6.07) is 26.8. The van der Waals surface area contributed by atoms with Crippen LogP contribution in [-0.2, 0) is 35.0 Å². The first kappa shape index (κ1) is 26.5. The third kappa shape index (κ3) is 6.81. The van der Waals surface area contributed by atoms with Crippen LogP contribution in [0.2, 0.25) is 0 Å². The standard InChI is InChI=1S/C29H30O8/c1-32-24-23(19-34-18-20-12-6-3-7-13-20)35-29(33-2)26(37-28(31)22-16-10-5-11-17-22)25(24)36-27(30)21-14-8-4-9-15-21/h3-17,23-26,29H,18-19H2,1-2H3/t23-,24-,25+,26-,29+/m1/s1. The summed E-state index contributed by atoms with van der Waals surface area (Å²) in [6.45, 7) is 0.488. The van der Waals surface area contributed by atoms with Crippen molar-refractivity contribution in [1.82, 2.24) is 0 Å². The van der Waals surface area contributed by atoms with E-state index in [9.17, 15) is 9.59 Å². The third-order valence-corrected chi connectivity index (χ3v) is 5.99. The summed E-state index contributed by atoms with van der Waals surface area (Å²) in [7, 11) is 2.91. The van der Waals surface area contributed by atoms with Gasteiger partial charge in [0.2, 0.25) is 0 Å². The molecule has 0 radical (unpaired) electrons. The Morgan fingerprint density at radius 2 is 1.19 bits per heavy atom. The first-order valence-corrected chi connectivity index (χ1v) is 12.0. The third-order valence-electron chi connectivity index (χ3n) is 5.99. The van der Waals surface area contributed by atoms with Crippen LogP contribution >= 0.6 is 0 Å². The number of hydrogen-bond donors (Lipinski definition) is 0. The van der Waals surface area contributed by atoms with Gasteiger partial charge < -0.3 is 28.4 Å². The molecule has 1 fully saturated rings. The van der Waals surface area contributed by atoms with Gasteiger partial charge >= 0.3 is 11.9 Å². The van der Waals surface area contributed by atoms with E-state index in [1.54, 1.807) is 60.7 Å². The highest BCUT2D eigenvalue weighted by Crippen LogP contribution is 2.30. The van der Waals surface area contributed by atoms with E-state index in [-0.39, 0.29) is 6.61 Å². The van der Waals surface area contributed by atoms with Crippen LogP contribution in [0.15, 0.2) is 91.0 Å². The Bertz CT molecular complexity index is 1120. The van der Waals surface area contributed by atoms with Gasteiger partial charge in [0.15, 0.2) is 18.5 Å². The molecular weight excluding hydrogens is 476 g/mol. The van der Waals surface area contributed by atoms with Gasteiger partial charge in [-0.25, -0.2) is 9.59 Å². The Hall–Kier alpha value is -3.56. The van der Waals surface area contributed by atoms with Crippen molar-refractivity contribution >= 4 is 11.9 Å². The zero-order valence-corrected chi connectivity index (χ0v) is 20.7. The van der Waals surface area contributed by atoms with Gasteiger partial charge in [0.1, 0.15) is 12.2 Å². The summed E-state index contributed by atoms with van der Waals surface area (Å²) >= 11 is 0. The van der Waals surface area contributed by atoms with Gasteiger partial charge in [-0.2, -0.15) is 0 Å². The smallest absolute Gasteiger partial charge is 0.338 e. The van der Waals surface area contributed by atoms with Crippen molar-refractivity contribution in [2.24, 2.45) is 0 Å². The second kappa shape index (κ2) is 13.1. The second-order valence-corrected chi connectivity index (χ2v) is 8.45. The average molecular weight is 507 g/mol. The fourth-order valence-corrected chi connectivity index (χ4v) is 4.15. The van der Waals surface area contributed by atoms with Gasteiger partial charge in [0.25, 0.3) is 0 Å². The van der Waals surface area contributed by atoms with E-state index in [4.69, 9.17) is 28.4 Å². The first-order chi connectivity index (χ1) is 18.1. The van der Waals surface area contributed by atoms with Crippen LogP contribution < -0.4 is 0 Å². The summed E-state index contributed by atoms with van der Waals surface area (Å²) in [4.78, 5) is 26.0. The molecule has 1 heterocycles. The van der Waals surface area contributed by atoms with E-state index in [1.807, 2.05) is 30.3 Å². The number of ether oxygens (including phenoxy) is 6. The molecule has 1 aliphatic heterocycles. The Morgan fingerprint density at radius 1 is 0.676 bits per heavy atom. The quantitative estimate of drug-likeness (QED) is 0.381. The van der Waals surface area contributed by atoms with Gasteiger partial charge in [-0.3, -0.25) is 0 Å². The molecule has 1 saturated heterocycles. The lowest BCUT2D eigenvalue weighted by Gasteiger charge is -2.44. The van der Waals surface area contributed by atoms with Gasteiger partial charge in [0.05, 0.1) is 24.3 Å². The fraction of sp³-hybridized carbons (Fsp3) is 0.310. The number of esters is 2. The van der Waals surface area contributed by atoms with E-state index >= 15 is 0 Å². The Balaban J connectivity index is 1.56. The van der Waals surface area contributed by atoms with Crippen LogP contribution in [0, 0.1) is 0 Å². The molecule has 0 aliphatic carbocycles. The van der Waals surface area contributed by atoms with Crippen LogP contribution in [0.3, 0.4) is 0 Å². The summed E-state index contributed by atoms with van der Waals surface area (Å²) in [6.07, 6.45) is -4.63. The van der Waals surface area contributed by atoms with Crippen molar-refractivity contribution in [3.05, 3.63) is 108 Å². The van der Waals surface area contributed by atoms with Gasteiger partial charge in [0, 0.05) is 14.2 Å². The van der Waals surface area contributed by atoms with Crippen molar-refractivity contribution in [3.8, 4) is 0 Å². The van der Waals surface area contributed by atoms with Crippen molar-refractivity contribution in [1.29, 1.82) is 0 Å². The lowest BCUT2D eigenvalue weighted by Crippen LogP contribution is -2.62. The molecule has 3 aromatic rings. The highest BCUT2D eigenvalue weighted by atomic mass is 16.7. The number of hydrogen-bond acceptors (Lipinski definition) is 8. The lowest BCUT2D eigenvalue weighted by molar-refractivity contribution is -0.298. The van der Waals surface area contributed by atoms with Crippen LogP contribution in [0.4, 0.5) is 0 Å². The van der Waals surface area contributed by atoms with Crippen LogP contribution in [0.25, 0.3) is 0 Å². The SMILES string of the molecule is CO[C@H]1O[C@H](COCc2ccccc2)[C@@H](OC)[C@H](OC(=O)c2ccccc2)[C@H]1OC(=O)c1ccccc1. The monoisotopic (exact) mass is 506 g/mol. The number of carbonyl (C=O) groups excluding carboxylic acids is 2. The van der Waals surface area contributed by atoms with E-state index < -0.39 is 42.6 Å². The van der Waals surface area contributed by atoms with Gasteiger partial charge in [-0.05, 0) is 29.8 Å². The molecule has 0 aromatic heterocycles. The zero-order valence-electron chi connectivity index (χ0n) is 20.7. The Kier molecular flexibility index (Phi) is 9.40. The average Bonchev–Trinajstić information content (AvgIpc) is 2.95. The zero-order chi connectivity index (χ0) is 26.0. The molecule has 0 bridgehead atoms. The maximum atomic E-state index is 13.0. The second-order valence-electron chi connectivity index (χ2n) is 8.45. The first-order valence-electron chi connectivity index (χ1n) is 12.0. The summed E-state index contributed by atoms with van der Waals surface area (Å²) in [5, 5.41) is 0. The number of methoxy groups -OCH3 is 2. The molecule has 194 valence electrons. The Morgan fingerprint density at radius 3 is 1.70 bits per heavy atom. The topological polar surface area (TPSA) is 89.5 Å². The van der Waals surface area contributed by atoms with Crippen LogP contribution in [-0.4, -0.2) is 63.5 Å². The molecule has 0 N–H and O–H groups in total. The maximum absolute atomic E-state index is 13.0. The molecule has 5 atom stereocenters. The molecule has 0 saturated carbocycles. The maximum Gasteiger partial charge on any atom is 0.338 e. The van der Waals surface area contributed by atoms with E-state index in [2.05, 4.69) is 0 Å². The van der Waals surface area contributed by atoms with Crippen LogP contribution in [0.5, 0.6) is 0 Å². The predicted molar refractivity (Wildman–Crippen MR) is 134 cm³/mol. The largest absolute Gasteiger partial charge is 0.452 e.